The van der Waals surface area contributed by atoms with E-state index in [9.17, 15) is 18.0 Å². The Kier molecular flexibility index (Phi) is 5.54. The minimum absolute atomic E-state index is 0.0394. The lowest BCUT2D eigenvalue weighted by Crippen LogP contribution is -2.70. The van der Waals surface area contributed by atoms with E-state index < -0.39 is 17.0 Å². The summed E-state index contributed by atoms with van der Waals surface area (Å²) in [6.45, 7) is 6.04. The predicted molar refractivity (Wildman–Crippen MR) is 142 cm³/mol. The molecular formula is C28H27F3N6O2S. The van der Waals surface area contributed by atoms with Gasteiger partial charge in [-0.05, 0) is 64.5 Å². The molecule has 4 aliphatic rings. The van der Waals surface area contributed by atoms with Crippen molar-refractivity contribution in [3.05, 3.63) is 67.5 Å². The third-order valence-electron chi connectivity index (χ3n) is 8.90. The van der Waals surface area contributed by atoms with E-state index in [0.717, 1.165) is 22.0 Å². The standard InChI is InChI=1S/C28H27F3N6O2S/c1-14-15(2)33-25-22(32-14)23(26-11-27(12-26,13-26)28(29,30)31)35-24(36-25)17-6-7-39-19(8-17)18-4-5-21(38)37(9-18)20-10-40-16(3)34-20/h4-5,9-10,17,19H,6-8,11-13H2,1-3H3/t17-,19+,26?,27?/m0/s1. The van der Waals surface area contributed by atoms with E-state index in [2.05, 4.69) is 9.97 Å². The maximum Gasteiger partial charge on any atom is 0.394 e. The smallest absolute Gasteiger partial charge is 0.373 e. The Hall–Kier alpha value is -3.25. The maximum atomic E-state index is 13.7. The number of ether oxygens (including phenoxy) is 1. The summed E-state index contributed by atoms with van der Waals surface area (Å²) in [4.78, 5) is 36.1. The Balaban J connectivity index is 1.24. The first-order chi connectivity index (χ1) is 19.0. The van der Waals surface area contributed by atoms with Crippen LogP contribution in [0.3, 0.4) is 0 Å². The molecule has 0 unspecified atom stereocenters. The summed E-state index contributed by atoms with van der Waals surface area (Å²) in [6, 6.07) is 3.29. The van der Waals surface area contributed by atoms with Gasteiger partial charge in [0.25, 0.3) is 5.56 Å². The second-order valence-corrected chi connectivity index (χ2v) is 12.6. The van der Waals surface area contributed by atoms with Crippen LogP contribution >= 0.6 is 11.3 Å². The Morgan fingerprint density at radius 1 is 1.02 bits per heavy atom. The lowest BCUT2D eigenvalue weighted by Gasteiger charge is -2.70. The molecule has 0 N–H and O–H groups in total. The van der Waals surface area contributed by atoms with E-state index in [1.807, 2.05) is 26.2 Å². The van der Waals surface area contributed by atoms with Gasteiger partial charge in [-0.2, -0.15) is 13.2 Å². The fraction of sp³-hybridized carbons (Fsp3) is 0.500. The molecule has 2 bridgehead atoms. The molecule has 40 heavy (non-hydrogen) atoms. The third-order valence-corrected chi connectivity index (χ3v) is 9.66. The molecule has 4 fully saturated rings. The molecule has 2 atom stereocenters. The van der Waals surface area contributed by atoms with Crippen LogP contribution in [0.4, 0.5) is 13.2 Å². The largest absolute Gasteiger partial charge is 0.394 e. The van der Waals surface area contributed by atoms with Gasteiger partial charge >= 0.3 is 6.18 Å². The number of alkyl halides is 3. The van der Waals surface area contributed by atoms with Crippen LogP contribution in [-0.4, -0.2) is 42.3 Å². The maximum absolute atomic E-state index is 13.7. The van der Waals surface area contributed by atoms with E-state index in [0.29, 0.717) is 47.9 Å². The van der Waals surface area contributed by atoms with Crippen LogP contribution in [0.25, 0.3) is 17.0 Å². The number of halogens is 3. The van der Waals surface area contributed by atoms with Gasteiger partial charge in [0.2, 0.25) is 0 Å². The van der Waals surface area contributed by atoms with E-state index in [1.165, 1.54) is 22.0 Å². The van der Waals surface area contributed by atoms with Crippen LogP contribution in [-0.2, 0) is 10.2 Å². The summed E-state index contributed by atoms with van der Waals surface area (Å²) in [6.07, 6.45) is -1.39. The molecule has 3 saturated carbocycles. The van der Waals surface area contributed by atoms with Crippen molar-refractivity contribution in [1.29, 1.82) is 0 Å². The quantitative estimate of drug-likeness (QED) is 0.318. The van der Waals surface area contributed by atoms with Gasteiger partial charge in [0.15, 0.2) is 11.5 Å². The molecule has 3 aliphatic carbocycles. The molecule has 8 nitrogen and oxygen atoms in total. The lowest BCUT2D eigenvalue weighted by molar-refractivity contribution is -0.337. The molecule has 0 spiro atoms. The van der Waals surface area contributed by atoms with E-state index in [4.69, 9.17) is 19.7 Å². The number of fused-ring (bicyclic) bond motifs is 1. The zero-order chi connectivity index (χ0) is 28.0. The molecule has 208 valence electrons. The first-order valence-corrected chi connectivity index (χ1v) is 14.2. The molecule has 1 aliphatic heterocycles. The van der Waals surface area contributed by atoms with Crippen LogP contribution in [0.1, 0.15) is 77.6 Å². The molecule has 0 amide bonds. The second kappa shape index (κ2) is 8.62. The first kappa shape index (κ1) is 25.7. The van der Waals surface area contributed by atoms with Gasteiger partial charge in [-0.25, -0.2) is 24.9 Å². The lowest BCUT2D eigenvalue weighted by atomic mass is 9.34. The second-order valence-electron chi connectivity index (χ2n) is 11.6. The highest BCUT2D eigenvalue weighted by Crippen LogP contribution is 2.78. The number of aryl methyl sites for hydroxylation is 3. The Morgan fingerprint density at radius 3 is 2.48 bits per heavy atom. The predicted octanol–water partition coefficient (Wildman–Crippen LogP) is 5.57. The Labute approximate surface area is 231 Å². The fourth-order valence-electron chi connectivity index (χ4n) is 6.62. The number of aromatic nitrogens is 6. The van der Waals surface area contributed by atoms with Gasteiger partial charge in [-0.1, -0.05) is 0 Å². The van der Waals surface area contributed by atoms with Crippen molar-refractivity contribution in [2.75, 3.05) is 6.61 Å². The van der Waals surface area contributed by atoms with Gasteiger partial charge in [-0.15, -0.1) is 11.3 Å². The molecule has 5 heterocycles. The minimum Gasteiger partial charge on any atom is -0.373 e. The average molecular weight is 569 g/mol. The molecule has 12 heteroatoms. The normalized spacial score (nSPS) is 27.9. The highest BCUT2D eigenvalue weighted by Gasteiger charge is 2.79. The van der Waals surface area contributed by atoms with Gasteiger partial charge in [0.05, 0.1) is 33.6 Å². The van der Waals surface area contributed by atoms with Crippen LogP contribution in [0, 0.1) is 26.2 Å². The van der Waals surface area contributed by atoms with Crippen molar-refractivity contribution >= 4 is 22.5 Å². The SMILES string of the molecule is Cc1nc(-n2cc([C@H]3C[C@@H](c4nc(C56CC(C(F)(F)F)(C5)C6)c5nc(C)c(C)nc5n4)CCO3)ccc2=O)cs1. The Morgan fingerprint density at radius 2 is 1.77 bits per heavy atom. The zero-order valence-electron chi connectivity index (χ0n) is 22.2. The van der Waals surface area contributed by atoms with E-state index in [-0.39, 0.29) is 36.8 Å². The average Bonchev–Trinajstić information content (AvgIpc) is 3.28. The molecule has 4 aromatic heterocycles. The van der Waals surface area contributed by atoms with Gasteiger partial charge in [-0.3, -0.25) is 9.36 Å². The number of nitrogens with zero attached hydrogens (tertiary/aromatic N) is 6. The summed E-state index contributed by atoms with van der Waals surface area (Å²) >= 11 is 1.47. The van der Waals surface area contributed by atoms with E-state index in [1.54, 1.807) is 12.3 Å². The van der Waals surface area contributed by atoms with Gasteiger partial charge in [0.1, 0.15) is 11.3 Å². The summed E-state index contributed by atoms with van der Waals surface area (Å²) in [7, 11) is 0. The van der Waals surface area contributed by atoms with E-state index >= 15 is 0 Å². The molecule has 0 aromatic carbocycles. The van der Waals surface area contributed by atoms with Crippen molar-refractivity contribution in [2.45, 2.75) is 76.5 Å². The number of hydrogen-bond donors (Lipinski definition) is 0. The molecule has 8 rings (SSSR count). The van der Waals surface area contributed by atoms with Crippen LogP contribution in [0.15, 0.2) is 28.5 Å². The minimum atomic E-state index is -4.21. The van der Waals surface area contributed by atoms with Crippen molar-refractivity contribution in [3.8, 4) is 5.82 Å². The Bertz CT molecular complexity index is 1710. The summed E-state index contributed by atoms with van der Waals surface area (Å²) in [5.41, 5.74) is 1.44. The third kappa shape index (κ3) is 3.82. The zero-order valence-corrected chi connectivity index (χ0v) is 23.1. The van der Waals surface area contributed by atoms with Crippen molar-refractivity contribution in [2.24, 2.45) is 5.41 Å². The summed E-state index contributed by atoms with van der Waals surface area (Å²) in [5.74, 6) is 1.06. The number of pyridine rings is 1. The molecule has 1 saturated heterocycles. The number of thiazole rings is 1. The monoisotopic (exact) mass is 568 g/mol. The highest BCUT2D eigenvalue weighted by atomic mass is 32.1. The highest BCUT2D eigenvalue weighted by molar-refractivity contribution is 7.09. The van der Waals surface area contributed by atoms with Crippen LogP contribution < -0.4 is 5.56 Å². The number of rotatable bonds is 4. The van der Waals surface area contributed by atoms with Crippen molar-refractivity contribution in [3.63, 3.8) is 0 Å². The van der Waals surface area contributed by atoms with Crippen LogP contribution in [0.5, 0.6) is 0 Å². The van der Waals surface area contributed by atoms with Crippen LogP contribution in [0.2, 0.25) is 0 Å². The molecular weight excluding hydrogens is 541 g/mol. The van der Waals surface area contributed by atoms with Crippen molar-refractivity contribution in [1.82, 2.24) is 29.5 Å². The van der Waals surface area contributed by atoms with Crippen molar-refractivity contribution < 1.29 is 17.9 Å². The van der Waals surface area contributed by atoms with Gasteiger partial charge in [0, 0.05) is 35.6 Å². The summed E-state index contributed by atoms with van der Waals surface area (Å²) < 4.78 is 48.7. The number of hydrogen-bond acceptors (Lipinski definition) is 8. The molecule has 4 aromatic rings. The fourth-order valence-corrected chi connectivity index (χ4v) is 7.21. The first-order valence-electron chi connectivity index (χ1n) is 13.3. The summed E-state index contributed by atoms with van der Waals surface area (Å²) in [5, 5.41) is 2.71. The topological polar surface area (TPSA) is 95.7 Å². The molecule has 0 radical (unpaired) electrons. The van der Waals surface area contributed by atoms with Gasteiger partial charge < -0.3 is 4.74 Å².